The summed E-state index contributed by atoms with van der Waals surface area (Å²) < 4.78 is 19.5. The molecule has 0 atom stereocenters. The summed E-state index contributed by atoms with van der Waals surface area (Å²) in [6, 6.07) is 14.3. The molecule has 1 fully saturated rings. The highest BCUT2D eigenvalue weighted by atomic mass is 16.7. The Morgan fingerprint density at radius 1 is 1.00 bits per heavy atom. The monoisotopic (exact) mass is 364 g/mol. The van der Waals surface area contributed by atoms with Crippen molar-refractivity contribution in [1.82, 2.24) is 9.78 Å². The van der Waals surface area contributed by atoms with Crippen molar-refractivity contribution in [2.45, 2.75) is 45.4 Å². The van der Waals surface area contributed by atoms with Crippen molar-refractivity contribution in [3.63, 3.8) is 0 Å². The first-order valence-electron chi connectivity index (χ1n) is 9.23. The van der Waals surface area contributed by atoms with Crippen molar-refractivity contribution in [3.05, 3.63) is 54.2 Å². The lowest BCUT2D eigenvalue weighted by Crippen LogP contribution is -2.41. The molecule has 2 heterocycles. The Bertz CT molecular complexity index is 947. The third kappa shape index (κ3) is 3.24. The smallest absolute Gasteiger partial charge is 0.494 e. The zero-order chi connectivity index (χ0) is 19.2. The maximum absolute atomic E-state index is 6.16. The number of nitrogens with zero attached hydrogens (tertiary/aromatic N) is 2. The van der Waals surface area contributed by atoms with Crippen LogP contribution in [0.1, 0.15) is 33.3 Å². The van der Waals surface area contributed by atoms with E-state index < -0.39 is 0 Å². The fraction of sp³-hybridized carbons (Fsp3) is 0.381. The Kier molecular flexibility index (Phi) is 4.28. The van der Waals surface area contributed by atoms with Crippen LogP contribution in [-0.4, -0.2) is 35.2 Å². The van der Waals surface area contributed by atoms with Crippen LogP contribution in [0.4, 0.5) is 0 Å². The molecule has 5 nitrogen and oxygen atoms in total. The van der Waals surface area contributed by atoms with E-state index in [1.807, 2.05) is 23.0 Å². The van der Waals surface area contributed by atoms with E-state index in [2.05, 4.69) is 63.1 Å². The normalized spacial score (nSPS) is 18.2. The summed E-state index contributed by atoms with van der Waals surface area (Å²) in [6.07, 6.45) is 1.90. The summed E-state index contributed by atoms with van der Waals surface area (Å²) in [7, 11) is 1.32. The molecule has 0 radical (unpaired) electrons. The van der Waals surface area contributed by atoms with Gasteiger partial charge < -0.3 is 14.0 Å². The predicted molar refractivity (Wildman–Crippen MR) is 108 cm³/mol. The van der Waals surface area contributed by atoms with Crippen LogP contribution in [0.3, 0.4) is 0 Å². The summed E-state index contributed by atoms with van der Waals surface area (Å²) in [6.45, 7) is 8.98. The van der Waals surface area contributed by atoms with Crippen LogP contribution in [-0.2, 0) is 15.9 Å². The standard InChI is InChI=1S/C21H25BN2O3/c1-20(2)21(3,4)27-22(26-20)17-8-11-19-16(12-17)13-23-24(19)14-15-6-9-18(25-5)10-7-15/h6-13H,14H2,1-5H3. The lowest BCUT2D eigenvalue weighted by Gasteiger charge is -2.32. The average molecular weight is 364 g/mol. The third-order valence-corrected chi connectivity index (χ3v) is 5.68. The molecular formula is C21H25BN2O3. The summed E-state index contributed by atoms with van der Waals surface area (Å²) >= 11 is 0. The predicted octanol–water partition coefficient (Wildman–Crippen LogP) is 3.39. The molecule has 0 spiro atoms. The van der Waals surface area contributed by atoms with Crippen LogP contribution in [0.2, 0.25) is 0 Å². The van der Waals surface area contributed by atoms with Crippen LogP contribution >= 0.6 is 0 Å². The second kappa shape index (κ2) is 6.39. The molecule has 1 aromatic heterocycles. The average Bonchev–Trinajstić information content (AvgIpc) is 3.12. The van der Waals surface area contributed by atoms with Gasteiger partial charge in [-0.3, -0.25) is 4.68 Å². The Morgan fingerprint density at radius 3 is 2.30 bits per heavy atom. The summed E-state index contributed by atoms with van der Waals surface area (Å²) in [5.41, 5.74) is 2.60. The van der Waals surface area contributed by atoms with E-state index in [0.717, 1.165) is 22.1 Å². The Morgan fingerprint density at radius 2 is 1.67 bits per heavy atom. The van der Waals surface area contributed by atoms with Gasteiger partial charge in [0.25, 0.3) is 0 Å². The van der Waals surface area contributed by atoms with Gasteiger partial charge in [0.2, 0.25) is 0 Å². The molecule has 2 aromatic carbocycles. The summed E-state index contributed by atoms with van der Waals surface area (Å²) in [5.74, 6) is 0.858. The number of rotatable bonds is 4. The van der Waals surface area contributed by atoms with Gasteiger partial charge in [0.05, 0.1) is 36.6 Å². The van der Waals surface area contributed by atoms with E-state index in [-0.39, 0.29) is 18.3 Å². The summed E-state index contributed by atoms with van der Waals surface area (Å²) in [5, 5.41) is 5.64. The molecule has 1 aliphatic rings. The quantitative estimate of drug-likeness (QED) is 0.666. The molecule has 1 saturated heterocycles. The minimum Gasteiger partial charge on any atom is -0.497 e. The first-order chi connectivity index (χ1) is 12.8. The molecule has 0 bridgehead atoms. The van der Waals surface area contributed by atoms with Crippen molar-refractivity contribution >= 4 is 23.5 Å². The molecule has 0 saturated carbocycles. The topological polar surface area (TPSA) is 45.5 Å². The van der Waals surface area contributed by atoms with Gasteiger partial charge in [-0.25, -0.2) is 0 Å². The highest BCUT2D eigenvalue weighted by Gasteiger charge is 2.51. The molecule has 4 rings (SSSR count). The number of aromatic nitrogens is 2. The fourth-order valence-electron chi connectivity index (χ4n) is 3.26. The first kappa shape index (κ1) is 18.1. The van der Waals surface area contributed by atoms with Gasteiger partial charge in [-0.15, -0.1) is 0 Å². The van der Waals surface area contributed by atoms with Crippen molar-refractivity contribution in [1.29, 1.82) is 0 Å². The number of benzene rings is 2. The van der Waals surface area contributed by atoms with Crippen molar-refractivity contribution in [2.75, 3.05) is 7.11 Å². The highest BCUT2D eigenvalue weighted by Crippen LogP contribution is 2.36. The molecule has 3 aromatic rings. The van der Waals surface area contributed by atoms with Gasteiger partial charge in [0.15, 0.2) is 0 Å². The minimum absolute atomic E-state index is 0.342. The third-order valence-electron chi connectivity index (χ3n) is 5.68. The molecule has 0 amide bonds. The summed E-state index contributed by atoms with van der Waals surface area (Å²) in [4.78, 5) is 0. The van der Waals surface area contributed by atoms with Crippen LogP contribution in [0, 0.1) is 0 Å². The maximum atomic E-state index is 6.16. The van der Waals surface area contributed by atoms with Gasteiger partial charge in [-0.1, -0.05) is 24.3 Å². The fourth-order valence-corrected chi connectivity index (χ4v) is 3.26. The molecule has 140 valence electrons. The molecule has 0 N–H and O–H groups in total. The molecule has 0 unspecified atom stereocenters. The molecule has 1 aliphatic heterocycles. The van der Waals surface area contributed by atoms with Gasteiger partial charge in [-0.05, 0) is 56.9 Å². The Balaban J connectivity index is 1.58. The lowest BCUT2D eigenvalue weighted by molar-refractivity contribution is 0.00578. The first-order valence-corrected chi connectivity index (χ1v) is 9.23. The Labute approximate surface area is 160 Å². The number of ether oxygens (including phenoxy) is 1. The number of methoxy groups -OCH3 is 1. The lowest BCUT2D eigenvalue weighted by atomic mass is 9.79. The zero-order valence-corrected chi connectivity index (χ0v) is 16.5. The van der Waals surface area contributed by atoms with Crippen molar-refractivity contribution in [2.24, 2.45) is 0 Å². The minimum atomic E-state index is -0.357. The molecule has 0 aliphatic carbocycles. The van der Waals surface area contributed by atoms with Gasteiger partial charge >= 0.3 is 7.12 Å². The van der Waals surface area contributed by atoms with E-state index in [0.29, 0.717) is 6.54 Å². The van der Waals surface area contributed by atoms with Crippen molar-refractivity contribution in [3.8, 4) is 5.75 Å². The SMILES string of the molecule is COc1ccc(Cn2ncc3cc(B4OC(C)(C)C(C)(C)O4)ccc32)cc1. The second-order valence-corrected chi connectivity index (χ2v) is 8.06. The number of hydrogen-bond donors (Lipinski definition) is 0. The van der Waals surface area contributed by atoms with Crippen LogP contribution in [0.5, 0.6) is 5.75 Å². The van der Waals surface area contributed by atoms with Gasteiger partial charge in [0.1, 0.15) is 5.75 Å². The zero-order valence-electron chi connectivity index (χ0n) is 16.5. The van der Waals surface area contributed by atoms with E-state index in [4.69, 9.17) is 14.0 Å². The molecular weight excluding hydrogens is 339 g/mol. The number of hydrogen-bond acceptors (Lipinski definition) is 4. The van der Waals surface area contributed by atoms with Gasteiger partial charge in [0, 0.05) is 5.39 Å². The Hall–Kier alpha value is -2.31. The van der Waals surface area contributed by atoms with E-state index in [1.165, 1.54) is 5.56 Å². The number of fused-ring (bicyclic) bond motifs is 1. The maximum Gasteiger partial charge on any atom is 0.494 e. The van der Waals surface area contributed by atoms with E-state index in [9.17, 15) is 0 Å². The van der Waals surface area contributed by atoms with E-state index >= 15 is 0 Å². The van der Waals surface area contributed by atoms with Crippen molar-refractivity contribution < 1.29 is 14.0 Å². The second-order valence-electron chi connectivity index (χ2n) is 8.06. The van der Waals surface area contributed by atoms with Gasteiger partial charge in [-0.2, -0.15) is 5.10 Å². The molecule has 6 heteroatoms. The highest BCUT2D eigenvalue weighted by molar-refractivity contribution is 6.62. The van der Waals surface area contributed by atoms with Crippen LogP contribution in [0.25, 0.3) is 10.9 Å². The van der Waals surface area contributed by atoms with Crippen LogP contribution < -0.4 is 10.2 Å². The van der Waals surface area contributed by atoms with E-state index in [1.54, 1.807) is 7.11 Å². The molecule has 27 heavy (non-hydrogen) atoms. The van der Waals surface area contributed by atoms with Crippen LogP contribution in [0.15, 0.2) is 48.7 Å². The largest absolute Gasteiger partial charge is 0.497 e.